The Hall–Kier alpha value is -1.13. The molecule has 3 nitrogen and oxygen atoms in total. The molecule has 1 aromatic carbocycles. The van der Waals surface area contributed by atoms with E-state index in [1.54, 1.807) is 0 Å². The quantitative estimate of drug-likeness (QED) is 0.923. The Kier molecular flexibility index (Phi) is 3.71. The third-order valence-corrected chi connectivity index (χ3v) is 4.39. The number of hydrogen-bond donors (Lipinski definition) is 1. The van der Waals surface area contributed by atoms with E-state index in [0.717, 1.165) is 35.9 Å². The summed E-state index contributed by atoms with van der Waals surface area (Å²) in [5.41, 5.74) is 2.28. The summed E-state index contributed by atoms with van der Waals surface area (Å²) in [5.74, 6) is 0.471. The fourth-order valence-corrected chi connectivity index (χ4v) is 3.09. The zero-order valence-corrected chi connectivity index (χ0v) is 12.3. The smallest absolute Gasteiger partial charge is 0.0734 e. The van der Waals surface area contributed by atoms with Gasteiger partial charge in [0.15, 0.2) is 0 Å². The van der Waals surface area contributed by atoms with E-state index in [1.165, 1.54) is 11.1 Å². The highest BCUT2D eigenvalue weighted by Crippen LogP contribution is 2.30. The van der Waals surface area contributed by atoms with Gasteiger partial charge in [0.25, 0.3) is 0 Å². The maximum Gasteiger partial charge on any atom is 0.0734 e. The summed E-state index contributed by atoms with van der Waals surface area (Å²) in [6, 6.07) is 8.34. The minimum atomic E-state index is 0.317. The van der Waals surface area contributed by atoms with E-state index in [2.05, 4.69) is 50.1 Å². The molecule has 1 aromatic heterocycles. The molecule has 0 spiro atoms. The van der Waals surface area contributed by atoms with Gasteiger partial charge in [0, 0.05) is 41.4 Å². The number of anilines is 1. The van der Waals surface area contributed by atoms with E-state index < -0.39 is 0 Å². The van der Waals surface area contributed by atoms with Crippen LogP contribution in [-0.4, -0.2) is 29.8 Å². The lowest BCUT2D eigenvalue weighted by atomic mass is 9.97. The second-order valence-electron chi connectivity index (χ2n) is 5.10. The van der Waals surface area contributed by atoms with E-state index in [0.29, 0.717) is 12.5 Å². The van der Waals surface area contributed by atoms with Gasteiger partial charge in [-0.3, -0.25) is 4.98 Å². The van der Waals surface area contributed by atoms with E-state index in [1.807, 2.05) is 6.20 Å². The Morgan fingerprint density at radius 2 is 2.05 bits per heavy atom. The highest BCUT2D eigenvalue weighted by molar-refractivity contribution is 9.10. The van der Waals surface area contributed by atoms with Gasteiger partial charge in [0.1, 0.15) is 0 Å². The van der Waals surface area contributed by atoms with Crippen LogP contribution in [0.2, 0.25) is 0 Å². The van der Waals surface area contributed by atoms with Gasteiger partial charge in [-0.05, 0) is 43.0 Å². The second-order valence-corrected chi connectivity index (χ2v) is 6.02. The molecule has 0 radical (unpaired) electrons. The Bertz CT molecular complexity index is 579. The van der Waals surface area contributed by atoms with Crippen molar-refractivity contribution in [1.82, 2.24) is 4.98 Å². The van der Waals surface area contributed by atoms with Gasteiger partial charge >= 0.3 is 0 Å². The molecule has 3 rings (SSSR count). The molecule has 1 N–H and O–H groups in total. The first-order valence-electron chi connectivity index (χ1n) is 6.68. The molecule has 4 heteroatoms. The molecule has 0 unspecified atom stereocenters. The first kappa shape index (κ1) is 12.9. The molecule has 0 saturated carbocycles. The lowest BCUT2D eigenvalue weighted by Gasteiger charge is -2.33. The normalized spacial score (nSPS) is 17.1. The van der Waals surface area contributed by atoms with Crippen molar-refractivity contribution in [3.8, 4) is 0 Å². The summed E-state index contributed by atoms with van der Waals surface area (Å²) in [6.07, 6.45) is 4.01. The van der Waals surface area contributed by atoms with Crippen LogP contribution in [0.15, 0.2) is 34.9 Å². The van der Waals surface area contributed by atoms with Crippen molar-refractivity contribution in [1.29, 1.82) is 0 Å². The maximum absolute atomic E-state index is 9.22. The highest BCUT2D eigenvalue weighted by atomic mass is 79.9. The lowest BCUT2D eigenvalue weighted by Crippen LogP contribution is -2.34. The van der Waals surface area contributed by atoms with E-state index in [9.17, 15) is 5.11 Å². The predicted octanol–water partition coefficient (Wildman–Crippen LogP) is 3.21. The molecule has 0 bridgehead atoms. The van der Waals surface area contributed by atoms with Crippen molar-refractivity contribution >= 4 is 32.5 Å². The number of nitrogens with zero attached hydrogens (tertiary/aromatic N) is 2. The number of fused-ring (bicyclic) bond motifs is 1. The summed E-state index contributed by atoms with van der Waals surface area (Å²) in [6.45, 7) is 2.35. The molecule has 2 aromatic rings. The van der Waals surface area contributed by atoms with Crippen LogP contribution in [0.25, 0.3) is 10.9 Å². The summed E-state index contributed by atoms with van der Waals surface area (Å²) in [7, 11) is 0. The SMILES string of the molecule is OCC1CCN(c2ccnc3cc(Br)ccc23)CC1. The topological polar surface area (TPSA) is 36.4 Å². The number of benzene rings is 1. The van der Waals surface area contributed by atoms with Gasteiger partial charge in [0.2, 0.25) is 0 Å². The van der Waals surface area contributed by atoms with Gasteiger partial charge in [-0.25, -0.2) is 0 Å². The van der Waals surface area contributed by atoms with Crippen LogP contribution in [-0.2, 0) is 0 Å². The maximum atomic E-state index is 9.22. The van der Waals surface area contributed by atoms with Crippen LogP contribution in [0, 0.1) is 5.92 Å². The largest absolute Gasteiger partial charge is 0.396 e. The monoisotopic (exact) mass is 320 g/mol. The average Bonchev–Trinajstić information content (AvgIpc) is 2.46. The molecule has 1 fully saturated rings. The van der Waals surface area contributed by atoms with Crippen molar-refractivity contribution in [2.45, 2.75) is 12.8 Å². The molecular formula is C15H17BrN2O. The van der Waals surface area contributed by atoms with Gasteiger partial charge in [0.05, 0.1) is 5.52 Å². The van der Waals surface area contributed by atoms with Crippen LogP contribution in [0.1, 0.15) is 12.8 Å². The van der Waals surface area contributed by atoms with E-state index >= 15 is 0 Å². The van der Waals surface area contributed by atoms with Crippen LogP contribution >= 0.6 is 15.9 Å². The van der Waals surface area contributed by atoms with E-state index in [-0.39, 0.29) is 0 Å². The Morgan fingerprint density at radius 3 is 2.79 bits per heavy atom. The van der Waals surface area contributed by atoms with Gasteiger partial charge in [-0.2, -0.15) is 0 Å². The van der Waals surface area contributed by atoms with Crippen LogP contribution in [0.3, 0.4) is 0 Å². The number of aliphatic hydroxyl groups excluding tert-OH is 1. The standard InChI is InChI=1S/C15H17BrN2O/c16-12-1-2-13-14(9-12)17-6-3-15(13)18-7-4-11(10-19)5-8-18/h1-3,6,9,11,19H,4-5,7-8,10H2. The Labute approximate surface area is 121 Å². The Balaban J connectivity index is 1.93. The van der Waals surface area contributed by atoms with Crippen LogP contribution in [0.4, 0.5) is 5.69 Å². The average molecular weight is 321 g/mol. The number of hydrogen-bond acceptors (Lipinski definition) is 3. The van der Waals surface area contributed by atoms with Crippen molar-refractivity contribution < 1.29 is 5.11 Å². The molecule has 2 heterocycles. The van der Waals surface area contributed by atoms with Gasteiger partial charge in [-0.15, -0.1) is 0 Å². The first-order chi connectivity index (χ1) is 9.28. The number of aromatic nitrogens is 1. The molecule has 0 amide bonds. The minimum absolute atomic E-state index is 0.317. The molecular weight excluding hydrogens is 304 g/mol. The molecule has 1 saturated heterocycles. The van der Waals surface area contributed by atoms with Crippen molar-refractivity contribution in [3.05, 3.63) is 34.9 Å². The lowest BCUT2D eigenvalue weighted by molar-refractivity contribution is 0.203. The Morgan fingerprint density at radius 1 is 1.26 bits per heavy atom. The van der Waals surface area contributed by atoms with Crippen molar-refractivity contribution in [2.24, 2.45) is 5.92 Å². The molecule has 1 aliphatic heterocycles. The minimum Gasteiger partial charge on any atom is -0.396 e. The molecule has 0 aliphatic carbocycles. The zero-order valence-electron chi connectivity index (χ0n) is 10.7. The fraction of sp³-hybridized carbons (Fsp3) is 0.400. The first-order valence-corrected chi connectivity index (χ1v) is 7.47. The zero-order chi connectivity index (χ0) is 13.2. The fourth-order valence-electron chi connectivity index (χ4n) is 2.74. The number of pyridine rings is 1. The highest BCUT2D eigenvalue weighted by Gasteiger charge is 2.20. The van der Waals surface area contributed by atoms with E-state index in [4.69, 9.17) is 0 Å². The molecule has 0 atom stereocenters. The van der Waals surface area contributed by atoms with Gasteiger partial charge < -0.3 is 10.0 Å². The molecule has 19 heavy (non-hydrogen) atoms. The number of piperidine rings is 1. The van der Waals surface area contributed by atoms with Gasteiger partial charge in [-0.1, -0.05) is 15.9 Å². The summed E-state index contributed by atoms with van der Waals surface area (Å²) >= 11 is 3.49. The molecule has 1 aliphatic rings. The van der Waals surface area contributed by atoms with Crippen LogP contribution < -0.4 is 4.90 Å². The summed E-state index contributed by atoms with van der Waals surface area (Å²) in [5, 5.41) is 10.4. The summed E-state index contributed by atoms with van der Waals surface area (Å²) < 4.78 is 1.06. The van der Waals surface area contributed by atoms with Crippen molar-refractivity contribution in [3.63, 3.8) is 0 Å². The number of rotatable bonds is 2. The second kappa shape index (κ2) is 5.47. The number of aliphatic hydroxyl groups is 1. The molecule has 100 valence electrons. The predicted molar refractivity (Wildman–Crippen MR) is 81.5 cm³/mol. The summed E-state index contributed by atoms with van der Waals surface area (Å²) in [4.78, 5) is 6.84. The van der Waals surface area contributed by atoms with Crippen molar-refractivity contribution in [2.75, 3.05) is 24.6 Å². The third-order valence-electron chi connectivity index (χ3n) is 3.90. The number of halogens is 1. The third kappa shape index (κ3) is 2.60. The van der Waals surface area contributed by atoms with Crippen LogP contribution in [0.5, 0.6) is 0 Å².